The van der Waals surface area contributed by atoms with Gasteiger partial charge in [0.05, 0.1) is 10.3 Å². The summed E-state index contributed by atoms with van der Waals surface area (Å²) in [4.78, 5) is 17.9. The highest BCUT2D eigenvalue weighted by molar-refractivity contribution is 7.89. The van der Waals surface area contributed by atoms with Gasteiger partial charge in [-0.3, -0.25) is 4.79 Å². The molecule has 1 amide bonds. The van der Waals surface area contributed by atoms with Gasteiger partial charge in [0.25, 0.3) is 0 Å². The lowest BCUT2D eigenvalue weighted by Gasteiger charge is -2.17. The first-order chi connectivity index (χ1) is 15.8. The number of hydrogen-bond donors (Lipinski definition) is 2. The zero-order valence-corrected chi connectivity index (χ0v) is 19.0. The first-order valence-electron chi connectivity index (χ1n) is 10.6. The summed E-state index contributed by atoms with van der Waals surface area (Å²) in [6, 6.07) is 15.9. The average molecular weight is 466 g/mol. The second-order valence-electron chi connectivity index (χ2n) is 8.17. The maximum absolute atomic E-state index is 13.1. The SMILES string of the molecule is CNS(=O)(=O)c1ccc(-c2ccc(NC(=O)C3(c4ccc5c(c4)OCO5)CC3)nc2C)cc1. The highest BCUT2D eigenvalue weighted by atomic mass is 32.2. The molecular weight excluding hydrogens is 442 g/mol. The number of rotatable bonds is 6. The fourth-order valence-electron chi connectivity index (χ4n) is 4.07. The third kappa shape index (κ3) is 3.83. The van der Waals surface area contributed by atoms with E-state index in [0.717, 1.165) is 35.2 Å². The van der Waals surface area contributed by atoms with Crippen LogP contribution in [0, 0.1) is 6.92 Å². The summed E-state index contributed by atoms with van der Waals surface area (Å²) >= 11 is 0. The van der Waals surface area contributed by atoms with E-state index in [2.05, 4.69) is 15.0 Å². The van der Waals surface area contributed by atoms with E-state index in [-0.39, 0.29) is 17.6 Å². The van der Waals surface area contributed by atoms with Gasteiger partial charge in [0, 0.05) is 11.3 Å². The first-order valence-corrected chi connectivity index (χ1v) is 12.0. The Morgan fingerprint density at radius 3 is 2.39 bits per heavy atom. The number of fused-ring (bicyclic) bond motifs is 1. The normalized spacial score (nSPS) is 15.8. The molecule has 1 aliphatic carbocycles. The predicted molar refractivity (Wildman–Crippen MR) is 123 cm³/mol. The van der Waals surface area contributed by atoms with Gasteiger partial charge >= 0.3 is 0 Å². The number of aryl methyl sites for hydroxylation is 1. The molecule has 1 saturated carbocycles. The number of carbonyl (C=O) groups is 1. The number of ether oxygens (including phenoxy) is 2. The van der Waals surface area contributed by atoms with E-state index in [9.17, 15) is 13.2 Å². The summed E-state index contributed by atoms with van der Waals surface area (Å²) < 4.78 is 37.0. The number of pyridine rings is 1. The standard InChI is InChI=1S/C24H23N3O5S/c1-15-19(16-3-6-18(7-4-16)33(29,30)25-2)8-10-22(26-15)27-23(28)24(11-12-24)17-5-9-20-21(13-17)32-14-31-20/h3-10,13,25H,11-12,14H2,1-2H3,(H,26,27,28). The molecule has 0 unspecified atom stereocenters. The number of carbonyl (C=O) groups excluding carboxylic acids is 1. The van der Waals surface area contributed by atoms with E-state index in [0.29, 0.717) is 17.3 Å². The van der Waals surface area contributed by atoms with Gasteiger partial charge in [-0.15, -0.1) is 0 Å². The summed E-state index contributed by atoms with van der Waals surface area (Å²) in [5.74, 6) is 1.74. The summed E-state index contributed by atoms with van der Waals surface area (Å²) in [6.07, 6.45) is 1.52. The Balaban J connectivity index is 1.34. The molecule has 1 aliphatic heterocycles. The van der Waals surface area contributed by atoms with Crippen LogP contribution in [0.2, 0.25) is 0 Å². The van der Waals surface area contributed by atoms with Gasteiger partial charge in [0.15, 0.2) is 11.5 Å². The number of sulfonamides is 1. The van der Waals surface area contributed by atoms with E-state index in [1.54, 1.807) is 30.3 Å². The molecule has 5 rings (SSSR count). The molecule has 0 saturated heterocycles. The number of nitrogens with one attached hydrogen (secondary N) is 2. The minimum absolute atomic E-state index is 0.0948. The molecule has 1 aromatic heterocycles. The van der Waals surface area contributed by atoms with Gasteiger partial charge in [-0.25, -0.2) is 18.1 Å². The lowest BCUT2D eigenvalue weighted by atomic mass is 9.94. The number of nitrogens with zero attached hydrogens (tertiary/aromatic N) is 1. The molecule has 33 heavy (non-hydrogen) atoms. The van der Waals surface area contributed by atoms with Crippen LogP contribution in [0.3, 0.4) is 0 Å². The van der Waals surface area contributed by atoms with Crippen LogP contribution >= 0.6 is 0 Å². The fourth-order valence-corrected chi connectivity index (χ4v) is 4.80. The van der Waals surface area contributed by atoms with Crippen molar-refractivity contribution in [2.45, 2.75) is 30.1 Å². The van der Waals surface area contributed by atoms with Gasteiger partial charge in [0.2, 0.25) is 22.7 Å². The van der Waals surface area contributed by atoms with Crippen molar-refractivity contribution >= 4 is 21.7 Å². The molecule has 9 heteroatoms. The number of hydrogen-bond acceptors (Lipinski definition) is 6. The Kier molecular flexibility index (Phi) is 5.10. The summed E-state index contributed by atoms with van der Waals surface area (Å²) in [7, 11) is -2.11. The van der Waals surface area contributed by atoms with Gasteiger partial charge in [-0.2, -0.15) is 0 Å². The Morgan fingerprint density at radius 1 is 1.00 bits per heavy atom. The number of amides is 1. The van der Waals surface area contributed by atoms with Gasteiger partial charge in [0.1, 0.15) is 5.82 Å². The molecule has 170 valence electrons. The van der Waals surface area contributed by atoms with Crippen LogP contribution in [0.25, 0.3) is 11.1 Å². The molecule has 2 aliphatic rings. The summed E-state index contributed by atoms with van der Waals surface area (Å²) in [6.45, 7) is 2.05. The highest BCUT2D eigenvalue weighted by Crippen LogP contribution is 2.51. The third-order valence-corrected chi connectivity index (χ3v) is 7.61. The molecule has 0 atom stereocenters. The molecular formula is C24H23N3O5S. The van der Waals surface area contributed by atoms with Crippen LogP contribution in [0.15, 0.2) is 59.5 Å². The number of anilines is 1. The molecule has 0 bridgehead atoms. The minimum atomic E-state index is -3.49. The third-order valence-electron chi connectivity index (χ3n) is 6.18. The van der Waals surface area contributed by atoms with Crippen molar-refractivity contribution in [1.82, 2.24) is 9.71 Å². The van der Waals surface area contributed by atoms with Crippen molar-refractivity contribution in [3.05, 3.63) is 65.9 Å². The van der Waals surface area contributed by atoms with Gasteiger partial charge < -0.3 is 14.8 Å². The van der Waals surface area contributed by atoms with Crippen LogP contribution in [-0.2, 0) is 20.2 Å². The van der Waals surface area contributed by atoms with E-state index in [1.165, 1.54) is 7.05 Å². The summed E-state index contributed by atoms with van der Waals surface area (Å²) in [5, 5.41) is 2.96. The second-order valence-corrected chi connectivity index (χ2v) is 10.1. The number of aromatic nitrogens is 1. The van der Waals surface area contributed by atoms with Crippen LogP contribution in [0.5, 0.6) is 11.5 Å². The van der Waals surface area contributed by atoms with Crippen molar-refractivity contribution in [3.8, 4) is 22.6 Å². The maximum atomic E-state index is 13.1. The Labute approximate surface area is 192 Å². The Hall–Kier alpha value is -3.43. The topological polar surface area (TPSA) is 107 Å². The smallest absolute Gasteiger partial charge is 0.240 e. The van der Waals surface area contributed by atoms with E-state index >= 15 is 0 Å². The van der Waals surface area contributed by atoms with E-state index < -0.39 is 15.4 Å². The lowest BCUT2D eigenvalue weighted by Crippen LogP contribution is -2.28. The Morgan fingerprint density at radius 2 is 1.73 bits per heavy atom. The summed E-state index contributed by atoms with van der Waals surface area (Å²) in [5.41, 5.74) is 2.76. The van der Waals surface area contributed by atoms with Gasteiger partial charge in [-0.1, -0.05) is 18.2 Å². The van der Waals surface area contributed by atoms with Crippen molar-refractivity contribution in [2.75, 3.05) is 19.2 Å². The highest BCUT2D eigenvalue weighted by Gasteiger charge is 2.51. The van der Waals surface area contributed by atoms with Crippen LogP contribution < -0.4 is 19.5 Å². The molecule has 0 radical (unpaired) electrons. The average Bonchev–Trinajstić information content (AvgIpc) is 3.50. The minimum Gasteiger partial charge on any atom is -0.454 e. The zero-order valence-electron chi connectivity index (χ0n) is 18.2. The van der Waals surface area contributed by atoms with Crippen LogP contribution in [0.1, 0.15) is 24.1 Å². The lowest BCUT2D eigenvalue weighted by molar-refractivity contribution is -0.118. The van der Waals surface area contributed by atoms with Crippen molar-refractivity contribution in [1.29, 1.82) is 0 Å². The van der Waals surface area contributed by atoms with Crippen molar-refractivity contribution < 1.29 is 22.7 Å². The second kappa shape index (κ2) is 7.86. The first kappa shape index (κ1) is 21.4. The van der Waals surface area contributed by atoms with E-state index in [1.807, 2.05) is 31.2 Å². The zero-order chi connectivity index (χ0) is 23.2. The molecule has 1 fully saturated rings. The molecule has 2 heterocycles. The van der Waals surface area contributed by atoms with Crippen molar-refractivity contribution in [2.24, 2.45) is 0 Å². The van der Waals surface area contributed by atoms with Crippen molar-refractivity contribution in [3.63, 3.8) is 0 Å². The fraction of sp³-hybridized carbons (Fsp3) is 0.250. The largest absolute Gasteiger partial charge is 0.454 e. The quantitative estimate of drug-likeness (QED) is 0.578. The molecule has 8 nitrogen and oxygen atoms in total. The predicted octanol–water partition coefficient (Wildman–Crippen LogP) is 3.36. The van der Waals surface area contributed by atoms with Gasteiger partial charge in [-0.05, 0) is 74.3 Å². The maximum Gasteiger partial charge on any atom is 0.240 e. The molecule has 0 spiro atoms. The molecule has 2 aromatic carbocycles. The molecule has 3 aromatic rings. The Bertz CT molecular complexity index is 1350. The monoisotopic (exact) mass is 465 g/mol. The van der Waals surface area contributed by atoms with Crippen LogP contribution in [-0.4, -0.2) is 33.1 Å². The van der Waals surface area contributed by atoms with E-state index in [4.69, 9.17) is 9.47 Å². The number of benzene rings is 2. The van der Waals surface area contributed by atoms with Crippen LogP contribution in [0.4, 0.5) is 5.82 Å². The molecule has 2 N–H and O–H groups in total.